The summed E-state index contributed by atoms with van der Waals surface area (Å²) in [5.41, 5.74) is 0.383. The Morgan fingerprint density at radius 3 is 2.63 bits per heavy atom. The Labute approximate surface area is 161 Å². The van der Waals surface area contributed by atoms with Crippen molar-refractivity contribution in [2.24, 2.45) is 0 Å². The topological polar surface area (TPSA) is 87.7 Å². The summed E-state index contributed by atoms with van der Waals surface area (Å²) in [4.78, 5) is 36.9. The van der Waals surface area contributed by atoms with Gasteiger partial charge in [0.25, 0.3) is 5.91 Å². The second-order valence-electron chi connectivity index (χ2n) is 6.87. The fourth-order valence-corrected chi connectivity index (χ4v) is 3.05. The summed E-state index contributed by atoms with van der Waals surface area (Å²) in [6, 6.07) is 1.77. The van der Waals surface area contributed by atoms with Crippen LogP contribution in [0.2, 0.25) is 0 Å². The number of aromatic nitrogens is 2. The predicted molar refractivity (Wildman–Crippen MR) is 104 cm³/mol. The van der Waals surface area contributed by atoms with Crippen LogP contribution in [0.25, 0.3) is 0 Å². The number of carbonyl (C=O) groups excluding carboxylic acids is 2. The molecular weight excluding hydrogens is 346 g/mol. The highest BCUT2D eigenvalue weighted by Crippen LogP contribution is 2.15. The summed E-state index contributed by atoms with van der Waals surface area (Å²) in [5, 5.41) is 3.04. The molecule has 8 nitrogen and oxygen atoms in total. The number of carbonyl (C=O) groups is 2. The van der Waals surface area contributed by atoms with E-state index in [4.69, 9.17) is 4.74 Å². The van der Waals surface area contributed by atoms with Gasteiger partial charge in [0.05, 0.1) is 6.61 Å². The first-order chi connectivity index (χ1) is 12.9. The molecule has 1 aromatic rings. The number of aryl methyl sites for hydroxylation is 1. The summed E-state index contributed by atoms with van der Waals surface area (Å²) in [7, 11) is 1.98. The minimum absolute atomic E-state index is 0.0275. The monoisotopic (exact) mass is 377 g/mol. The lowest BCUT2D eigenvalue weighted by molar-refractivity contribution is 0.0856. The molecule has 1 fully saturated rings. The summed E-state index contributed by atoms with van der Waals surface area (Å²) in [5.74, 6) is 1.15. The van der Waals surface area contributed by atoms with Gasteiger partial charge < -0.3 is 19.9 Å². The quantitative estimate of drug-likeness (QED) is 0.785. The number of nitrogens with zero attached hydrogens (tertiary/aromatic N) is 4. The van der Waals surface area contributed by atoms with Crippen LogP contribution in [0.5, 0.6) is 0 Å². The Balaban J connectivity index is 1.94. The molecule has 0 atom stereocenters. The standard InChI is InChI=1S/C19H31N5O3/c1-5-7-10-23(4)17-13-16(20-14(3)21-17)18(25)22-15-8-11-24(12-9-15)19(26)27-6-2/h13,15H,5-12H2,1-4H3,(H,22,25). The average Bonchev–Trinajstić information content (AvgIpc) is 2.66. The molecule has 150 valence electrons. The number of hydrogen-bond acceptors (Lipinski definition) is 6. The van der Waals surface area contributed by atoms with Crippen molar-refractivity contribution < 1.29 is 14.3 Å². The van der Waals surface area contributed by atoms with Crippen molar-refractivity contribution >= 4 is 17.8 Å². The van der Waals surface area contributed by atoms with Gasteiger partial charge in [0, 0.05) is 38.8 Å². The van der Waals surface area contributed by atoms with Gasteiger partial charge >= 0.3 is 6.09 Å². The van der Waals surface area contributed by atoms with Crippen LogP contribution in [0.1, 0.15) is 55.8 Å². The zero-order valence-corrected chi connectivity index (χ0v) is 16.8. The van der Waals surface area contributed by atoms with Crippen molar-refractivity contribution in [3.8, 4) is 0 Å². The van der Waals surface area contributed by atoms with Gasteiger partial charge in [0.15, 0.2) is 0 Å². The summed E-state index contributed by atoms with van der Waals surface area (Å²) >= 11 is 0. The first-order valence-electron chi connectivity index (χ1n) is 9.74. The van der Waals surface area contributed by atoms with E-state index in [1.807, 2.05) is 11.9 Å². The fourth-order valence-electron chi connectivity index (χ4n) is 3.05. The van der Waals surface area contributed by atoms with Crippen LogP contribution < -0.4 is 10.2 Å². The van der Waals surface area contributed by atoms with Gasteiger partial charge in [-0.2, -0.15) is 0 Å². The highest BCUT2D eigenvalue weighted by Gasteiger charge is 2.25. The summed E-state index contributed by atoms with van der Waals surface area (Å²) < 4.78 is 5.02. The van der Waals surface area contributed by atoms with Gasteiger partial charge in [-0.05, 0) is 33.1 Å². The molecule has 2 rings (SSSR count). The Morgan fingerprint density at radius 2 is 2.00 bits per heavy atom. The van der Waals surface area contributed by atoms with E-state index in [1.165, 1.54) is 0 Å². The molecule has 1 saturated heterocycles. The smallest absolute Gasteiger partial charge is 0.409 e. The van der Waals surface area contributed by atoms with Gasteiger partial charge in [0.1, 0.15) is 17.3 Å². The highest BCUT2D eigenvalue weighted by atomic mass is 16.6. The minimum Gasteiger partial charge on any atom is -0.450 e. The van der Waals surface area contributed by atoms with Gasteiger partial charge in [-0.3, -0.25) is 4.79 Å². The fraction of sp³-hybridized carbons (Fsp3) is 0.684. The molecular formula is C19H31N5O3. The van der Waals surface area contributed by atoms with Crippen LogP contribution in [-0.4, -0.2) is 66.2 Å². The van der Waals surface area contributed by atoms with Crippen molar-refractivity contribution in [1.29, 1.82) is 0 Å². The molecule has 2 amide bonds. The number of unbranched alkanes of at least 4 members (excludes halogenated alkanes) is 1. The van der Waals surface area contributed by atoms with E-state index in [0.29, 0.717) is 44.1 Å². The number of hydrogen-bond donors (Lipinski definition) is 1. The van der Waals surface area contributed by atoms with Crippen LogP contribution in [0.4, 0.5) is 10.6 Å². The van der Waals surface area contributed by atoms with E-state index in [0.717, 1.165) is 25.2 Å². The van der Waals surface area contributed by atoms with Crippen LogP contribution in [0.15, 0.2) is 6.07 Å². The number of likely N-dealkylation sites (tertiary alicyclic amines) is 1. The number of rotatable bonds is 7. The van der Waals surface area contributed by atoms with Crippen molar-refractivity contribution in [2.45, 2.75) is 52.5 Å². The first-order valence-corrected chi connectivity index (χ1v) is 9.74. The maximum atomic E-state index is 12.6. The molecule has 0 spiro atoms. The minimum atomic E-state index is -0.284. The third kappa shape index (κ3) is 6.08. The number of nitrogens with one attached hydrogen (secondary N) is 1. The van der Waals surface area contributed by atoms with E-state index < -0.39 is 0 Å². The van der Waals surface area contributed by atoms with Crippen LogP contribution in [-0.2, 0) is 4.74 Å². The number of amides is 2. The van der Waals surface area contributed by atoms with E-state index in [1.54, 1.807) is 24.8 Å². The van der Waals surface area contributed by atoms with Gasteiger partial charge in [0.2, 0.25) is 0 Å². The Hall–Kier alpha value is -2.38. The van der Waals surface area contributed by atoms with Crippen LogP contribution >= 0.6 is 0 Å². The molecule has 0 bridgehead atoms. The molecule has 1 aromatic heterocycles. The lowest BCUT2D eigenvalue weighted by Crippen LogP contribution is -2.46. The number of anilines is 1. The molecule has 0 aliphatic carbocycles. The zero-order valence-electron chi connectivity index (χ0n) is 16.8. The van der Waals surface area contributed by atoms with Crippen molar-refractivity contribution in [3.63, 3.8) is 0 Å². The normalized spacial score (nSPS) is 14.7. The third-order valence-corrected chi connectivity index (χ3v) is 4.65. The third-order valence-electron chi connectivity index (χ3n) is 4.65. The van der Waals surface area contributed by atoms with Crippen LogP contribution in [0.3, 0.4) is 0 Å². The highest BCUT2D eigenvalue weighted by molar-refractivity contribution is 5.93. The van der Waals surface area contributed by atoms with E-state index in [9.17, 15) is 9.59 Å². The maximum absolute atomic E-state index is 12.6. The Morgan fingerprint density at radius 1 is 1.30 bits per heavy atom. The molecule has 0 saturated carbocycles. The lowest BCUT2D eigenvalue weighted by Gasteiger charge is -2.31. The summed E-state index contributed by atoms with van der Waals surface area (Å²) in [6.07, 6.45) is 3.30. The van der Waals surface area contributed by atoms with Crippen molar-refractivity contribution in [2.75, 3.05) is 38.2 Å². The molecule has 27 heavy (non-hydrogen) atoms. The van der Waals surface area contributed by atoms with Crippen molar-refractivity contribution in [1.82, 2.24) is 20.2 Å². The molecule has 8 heteroatoms. The average molecular weight is 377 g/mol. The predicted octanol–water partition coefficient (Wildman–Crippen LogP) is 2.37. The number of ether oxygens (including phenoxy) is 1. The number of piperidine rings is 1. The molecule has 1 N–H and O–H groups in total. The second kappa shape index (κ2) is 10.1. The molecule has 0 unspecified atom stereocenters. The van der Waals surface area contributed by atoms with Gasteiger partial charge in [-0.1, -0.05) is 13.3 Å². The lowest BCUT2D eigenvalue weighted by atomic mass is 10.1. The first kappa shape index (κ1) is 20.9. The Bertz CT molecular complexity index is 644. The zero-order chi connectivity index (χ0) is 19.8. The van der Waals surface area contributed by atoms with E-state index >= 15 is 0 Å². The summed E-state index contributed by atoms with van der Waals surface area (Å²) in [6.45, 7) is 8.16. The molecule has 0 aromatic carbocycles. The van der Waals surface area contributed by atoms with Crippen molar-refractivity contribution in [3.05, 3.63) is 17.6 Å². The SMILES string of the molecule is CCCCN(C)c1cc(C(=O)NC2CCN(C(=O)OCC)CC2)nc(C)n1. The second-order valence-corrected chi connectivity index (χ2v) is 6.87. The van der Waals surface area contributed by atoms with E-state index in [-0.39, 0.29) is 18.0 Å². The van der Waals surface area contributed by atoms with Gasteiger partial charge in [-0.25, -0.2) is 14.8 Å². The van der Waals surface area contributed by atoms with Crippen LogP contribution in [0, 0.1) is 6.92 Å². The Kier molecular flexibility index (Phi) is 7.82. The molecule has 1 aliphatic rings. The van der Waals surface area contributed by atoms with E-state index in [2.05, 4.69) is 22.2 Å². The van der Waals surface area contributed by atoms with Gasteiger partial charge in [-0.15, -0.1) is 0 Å². The molecule has 1 aliphatic heterocycles. The molecule has 0 radical (unpaired) electrons. The maximum Gasteiger partial charge on any atom is 0.409 e. The molecule has 2 heterocycles. The largest absolute Gasteiger partial charge is 0.450 e.